The van der Waals surface area contributed by atoms with E-state index in [1.54, 1.807) is 19.9 Å². The molecular weight excluding hydrogens is 526 g/mol. The van der Waals surface area contributed by atoms with E-state index in [2.05, 4.69) is 10.6 Å². The number of hydrogen-bond acceptors (Lipinski definition) is 8. The number of halogens is 1. The van der Waals surface area contributed by atoms with Crippen molar-refractivity contribution in [3.63, 3.8) is 0 Å². The first-order valence-corrected chi connectivity index (χ1v) is 12.8. The lowest BCUT2D eigenvalue weighted by atomic mass is 10.0. The monoisotopic (exact) mass is 555 g/mol. The third kappa shape index (κ3) is 7.81. The van der Waals surface area contributed by atoms with Gasteiger partial charge in [-0.2, -0.15) is 0 Å². The number of ether oxygens (including phenoxy) is 3. The maximum absolute atomic E-state index is 12.8. The minimum Gasteiger partial charge on any atom is -0.497 e. The molecule has 2 amide bonds. The van der Waals surface area contributed by atoms with Crippen molar-refractivity contribution in [2.24, 2.45) is 5.92 Å². The smallest absolute Gasteiger partial charge is 0.329 e. The Morgan fingerprint density at radius 3 is 2.11 bits per heavy atom. The Balaban J connectivity index is 2.07. The van der Waals surface area contributed by atoms with Crippen LogP contribution in [0.25, 0.3) is 0 Å². The molecule has 0 aromatic heterocycles. The van der Waals surface area contributed by atoms with E-state index >= 15 is 0 Å². The van der Waals surface area contributed by atoms with E-state index in [0.717, 1.165) is 4.31 Å². The van der Waals surface area contributed by atoms with Crippen LogP contribution in [0.1, 0.15) is 24.2 Å². The summed E-state index contributed by atoms with van der Waals surface area (Å²) in [4.78, 5) is 37.7. The van der Waals surface area contributed by atoms with Gasteiger partial charge in [-0.1, -0.05) is 25.4 Å². The molecule has 0 saturated heterocycles. The normalized spacial score (nSPS) is 12.1. The molecule has 0 bridgehead atoms. The molecule has 0 saturated carbocycles. The van der Waals surface area contributed by atoms with Gasteiger partial charge in [-0.15, -0.1) is 0 Å². The van der Waals surface area contributed by atoms with Crippen molar-refractivity contribution in [1.82, 2.24) is 9.62 Å². The molecule has 0 heterocycles. The molecule has 13 heteroatoms. The van der Waals surface area contributed by atoms with Crippen molar-refractivity contribution < 1.29 is 37.0 Å². The van der Waals surface area contributed by atoms with E-state index in [9.17, 15) is 22.8 Å². The van der Waals surface area contributed by atoms with Gasteiger partial charge in [0.15, 0.2) is 6.61 Å². The van der Waals surface area contributed by atoms with Gasteiger partial charge in [0.1, 0.15) is 22.4 Å². The second-order valence-corrected chi connectivity index (χ2v) is 10.9. The first kappa shape index (κ1) is 29.9. The number of carbonyl (C=O) groups excluding carboxylic acids is 3. The van der Waals surface area contributed by atoms with Gasteiger partial charge in [-0.05, 0) is 36.2 Å². The zero-order valence-corrected chi connectivity index (χ0v) is 22.9. The minimum atomic E-state index is -3.85. The van der Waals surface area contributed by atoms with Crippen molar-refractivity contribution >= 4 is 45.1 Å². The Kier molecular flexibility index (Phi) is 10.3. The fraction of sp³-hybridized carbons (Fsp3) is 0.375. The molecule has 1 unspecified atom stereocenters. The third-order valence-electron chi connectivity index (χ3n) is 5.14. The summed E-state index contributed by atoms with van der Waals surface area (Å²) < 4.78 is 41.3. The van der Waals surface area contributed by atoms with Crippen LogP contribution in [0.15, 0.2) is 41.3 Å². The summed E-state index contributed by atoms with van der Waals surface area (Å²) >= 11 is 6.01. The molecule has 2 N–H and O–H groups in total. The van der Waals surface area contributed by atoms with E-state index < -0.39 is 40.5 Å². The number of benzene rings is 2. The van der Waals surface area contributed by atoms with Crippen molar-refractivity contribution in [1.29, 1.82) is 0 Å². The average Bonchev–Trinajstić information content (AvgIpc) is 2.85. The molecule has 2 aromatic rings. The molecule has 0 spiro atoms. The number of rotatable bonds is 11. The van der Waals surface area contributed by atoms with E-state index in [1.165, 1.54) is 58.6 Å². The third-order valence-corrected chi connectivity index (χ3v) is 7.44. The maximum atomic E-state index is 12.8. The highest BCUT2D eigenvalue weighted by molar-refractivity contribution is 7.89. The van der Waals surface area contributed by atoms with Crippen LogP contribution in [0.3, 0.4) is 0 Å². The number of nitrogens with zero attached hydrogens (tertiary/aromatic N) is 1. The van der Waals surface area contributed by atoms with Crippen LogP contribution in [-0.4, -0.2) is 71.5 Å². The number of hydrogen-bond donors (Lipinski definition) is 2. The van der Waals surface area contributed by atoms with Crippen LogP contribution in [0.5, 0.6) is 11.5 Å². The van der Waals surface area contributed by atoms with Crippen LogP contribution < -0.4 is 20.1 Å². The lowest BCUT2D eigenvalue weighted by Gasteiger charge is -2.21. The highest BCUT2D eigenvalue weighted by Gasteiger charge is 2.27. The standard InChI is InChI=1S/C24H30ClN3O8S/c1-14(2)22(27-23(30)15-9-17(34-5)12-18(10-15)35-6)24(31)36-13-21(29)26-16-7-8-19(25)20(11-16)37(32,33)28(3)4/h7-12,14,22H,13H2,1-6H3,(H,26,29)(H,27,30). The van der Waals surface area contributed by atoms with Crippen LogP contribution in [0.2, 0.25) is 5.02 Å². The van der Waals surface area contributed by atoms with Crippen molar-refractivity contribution in [2.45, 2.75) is 24.8 Å². The summed E-state index contributed by atoms with van der Waals surface area (Å²) in [5, 5.41) is 5.06. The fourth-order valence-electron chi connectivity index (χ4n) is 3.06. The first-order valence-electron chi connectivity index (χ1n) is 11.0. The van der Waals surface area contributed by atoms with E-state index in [0.29, 0.717) is 11.5 Å². The van der Waals surface area contributed by atoms with Gasteiger partial charge >= 0.3 is 5.97 Å². The quantitative estimate of drug-likeness (QED) is 0.403. The Labute approximate surface area is 221 Å². The van der Waals surface area contributed by atoms with Gasteiger partial charge in [0, 0.05) is 31.4 Å². The summed E-state index contributed by atoms with van der Waals surface area (Å²) in [5.41, 5.74) is 0.352. The molecule has 0 fully saturated rings. The van der Waals surface area contributed by atoms with Crippen LogP contribution in [-0.2, 0) is 24.3 Å². The molecule has 2 rings (SSSR count). The van der Waals surface area contributed by atoms with E-state index in [4.69, 9.17) is 25.8 Å². The number of sulfonamides is 1. The molecule has 0 aliphatic carbocycles. The lowest BCUT2D eigenvalue weighted by molar-refractivity contribution is -0.150. The SMILES string of the molecule is COc1cc(OC)cc(C(=O)NC(C(=O)OCC(=O)Nc2ccc(Cl)c(S(=O)(=O)N(C)C)c2)C(C)C)c1. The summed E-state index contributed by atoms with van der Waals surface area (Å²) in [6, 6.07) is 7.48. The predicted molar refractivity (Wildman–Crippen MR) is 138 cm³/mol. The molecular formula is C24H30ClN3O8S. The molecule has 0 aliphatic heterocycles. The Bertz CT molecular complexity index is 1240. The maximum Gasteiger partial charge on any atom is 0.329 e. The number of carbonyl (C=O) groups is 3. The number of amides is 2. The highest BCUT2D eigenvalue weighted by Crippen LogP contribution is 2.27. The average molecular weight is 556 g/mol. The number of esters is 1. The van der Waals surface area contributed by atoms with Crippen LogP contribution >= 0.6 is 11.6 Å². The molecule has 37 heavy (non-hydrogen) atoms. The summed E-state index contributed by atoms with van der Waals surface area (Å²) in [6.07, 6.45) is 0. The van der Waals surface area contributed by atoms with E-state index in [-0.39, 0.29) is 27.1 Å². The van der Waals surface area contributed by atoms with Crippen LogP contribution in [0, 0.1) is 5.92 Å². The Morgan fingerprint density at radius 2 is 1.59 bits per heavy atom. The minimum absolute atomic E-state index is 0.0118. The molecule has 202 valence electrons. The van der Waals surface area contributed by atoms with Gasteiger partial charge in [0.05, 0.1) is 19.2 Å². The molecule has 11 nitrogen and oxygen atoms in total. The largest absolute Gasteiger partial charge is 0.497 e. The topological polar surface area (TPSA) is 140 Å². The van der Waals surface area contributed by atoms with Crippen molar-refractivity contribution in [2.75, 3.05) is 40.2 Å². The summed E-state index contributed by atoms with van der Waals surface area (Å²) in [5.74, 6) is -1.66. The Hall–Kier alpha value is -3.35. The Morgan fingerprint density at radius 1 is 1.00 bits per heavy atom. The molecule has 1 atom stereocenters. The van der Waals surface area contributed by atoms with Gasteiger partial charge in [-0.3, -0.25) is 9.59 Å². The number of anilines is 1. The number of nitrogens with one attached hydrogen (secondary N) is 2. The van der Waals surface area contributed by atoms with Gasteiger partial charge in [-0.25, -0.2) is 17.5 Å². The van der Waals surface area contributed by atoms with E-state index in [1.807, 2.05) is 0 Å². The molecule has 0 aliphatic rings. The molecule has 2 aromatic carbocycles. The van der Waals surface area contributed by atoms with Gasteiger partial charge in [0.25, 0.3) is 11.8 Å². The van der Waals surface area contributed by atoms with Crippen molar-refractivity contribution in [3.05, 3.63) is 47.0 Å². The fourth-order valence-corrected chi connectivity index (χ4v) is 4.45. The zero-order valence-electron chi connectivity index (χ0n) is 21.3. The van der Waals surface area contributed by atoms with Gasteiger partial charge in [0.2, 0.25) is 10.0 Å². The highest BCUT2D eigenvalue weighted by atomic mass is 35.5. The van der Waals surface area contributed by atoms with Crippen molar-refractivity contribution in [3.8, 4) is 11.5 Å². The second kappa shape index (κ2) is 12.7. The number of methoxy groups -OCH3 is 2. The first-order chi connectivity index (χ1) is 17.3. The lowest BCUT2D eigenvalue weighted by Crippen LogP contribution is -2.46. The summed E-state index contributed by atoms with van der Waals surface area (Å²) in [7, 11) is 1.75. The predicted octanol–water partition coefficient (Wildman–Crippen LogP) is 2.54. The second-order valence-electron chi connectivity index (χ2n) is 8.39. The van der Waals surface area contributed by atoms with Gasteiger partial charge < -0.3 is 24.8 Å². The molecule has 0 radical (unpaired) electrons. The summed E-state index contributed by atoms with van der Waals surface area (Å²) in [6.45, 7) is 2.75. The van der Waals surface area contributed by atoms with Crippen LogP contribution in [0.4, 0.5) is 5.69 Å². The zero-order chi connectivity index (χ0) is 27.9.